The normalized spacial score (nSPS) is 16.4. The number of anilines is 2. The molecule has 0 bridgehead atoms. The van der Waals surface area contributed by atoms with E-state index in [1.54, 1.807) is 6.07 Å². The first-order chi connectivity index (χ1) is 11.4. The molecule has 2 N–H and O–H groups in total. The van der Waals surface area contributed by atoms with E-state index in [-0.39, 0.29) is 5.69 Å². The molecule has 1 fully saturated rings. The number of hydrogen-bond donors (Lipinski definition) is 1. The second-order valence-corrected chi connectivity index (χ2v) is 6.02. The van der Waals surface area contributed by atoms with Gasteiger partial charge < -0.3 is 10.6 Å². The van der Waals surface area contributed by atoms with E-state index >= 15 is 0 Å². The van der Waals surface area contributed by atoms with Crippen LogP contribution in [0.1, 0.15) is 11.1 Å². The third kappa shape index (κ3) is 3.82. The molecule has 1 aliphatic heterocycles. The fourth-order valence-corrected chi connectivity index (χ4v) is 2.99. The lowest BCUT2D eigenvalue weighted by Gasteiger charge is -2.36. The molecular weight excluding hydrogens is 315 g/mol. The summed E-state index contributed by atoms with van der Waals surface area (Å²) in [5.74, 6) is 0. The molecule has 0 unspecified atom stereocenters. The van der Waals surface area contributed by atoms with Crippen molar-refractivity contribution < 1.29 is 13.2 Å². The van der Waals surface area contributed by atoms with Crippen molar-refractivity contribution in [1.29, 1.82) is 0 Å². The summed E-state index contributed by atoms with van der Waals surface area (Å²) >= 11 is 0. The maximum absolute atomic E-state index is 13.0. The minimum Gasteiger partial charge on any atom is -0.398 e. The van der Waals surface area contributed by atoms with Crippen LogP contribution in [-0.2, 0) is 12.7 Å². The number of rotatable bonds is 3. The van der Waals surface area contributed by atoms with Crippen molar-refractivity contribution >= 4 is 11.4 Å². The molecule has 0 aromatic heterocycles. The Balaban J connectivity index is 1.65. The van der Waals surface area contributed by atoms with E-state index in [0.29, 0.717) is 18.8 Å². The van der Waals surface area contributed by atoms with Crippen molar-refractivity contribution in [3.05, 3.63) is 59.7 Å². The first kappa shape index (κ1) is 16.6. The number of hydrogen-bond acceptors (Lipinski definition) is 3. The Morgan fingerprint density at radius 2 is 1.58 bits per heavy atom. The van der Waals surface area contributed by atoms with Gasteiger partial charge in [0.15, 0.2) is 0 Å². The quantitative estimate of drug-likeness (QED) is 0.870. The number of halogens is 3. The molecule has 24 heavy (non-hydrogen) atoms. The van der Waals surface area contributed by atoms with Gasteiger partial charge in [0.05, 0.1) is 5.56 Å². The topological polar surface area (TPSA) is 32.5 Å². The lowest BCUT2D eigenvalue weighted by Crippen LogP contribution is -2.46. The molecule has 2 aromatic rings. The summed E-state index contributed by atoms with van der Waals surface area (Å²) in [5, 5.41) is 0. The zero-order valence-corrected chi connectivity index (χ0v) is 13.3. The molecule has 0 aliphatic carbocycles. The Kier molecular flexibility index (Phi) is 4.66. The van der Waals surface area contributed by atoms with Gasteiger partial charge in [0, 0.05) is 44.1 Å². The third-order valence-electron chi connectivity index (χ3n) is 4.33. The van der Waals surface area contributed by atoms with Gasteiger partial charge in [-0.2, -0.15) is 13.2 Å². The van der Waals surface area contributed by atoms with Crippen LogP contribution >= 0.6 is 0 Å². The van der Waals surface area contributed by atoms with Crippen LogP contribution in [0.15, 0.2) is 48.5 Å². The van der Waals surface area contributed by atoms with Crippen LogP contribution in [-0.4, -0.2) is 31.1 Å². The number of piperazine rings is 1. The summed E-state index contributed by atoms with van der Waals surface area (Å²) in [6.07, 6.45) is -4.42. The van der Waals surface area contributed by atoms with Crippen molar-refractivity contribution in [3.63, 3.8) is 0 Å². The maximum Gasteiger partial charge on any atom is 0.418 e. The molecule has 0 atom stereocenters. The van der Waals surface area contributed by atoms with Crippen LogP contribution < -0.4 is 10.6 Å². The van der Waals surface area contributed by atoms with Crippen LogP contribution in [0.5, 0.6) is 0 Å². The second kappa shape index (κ2) is 6.73. The summed E-state index contributed by atoms with van der Waals surface area (Å²) in [6.45, 7) is 3.91. The van der Waals surface area contributed by atoms with E-state index in [0.717, 1.165) is 25.7 Å². The van der Waals surface area contributed by atoms with Gasteiger partial charge in [-0.05, 0) is 23.8 Å². The summed E-state index contributed by atoms with van der Waals surface area (Å²) in [7, 11) is 0. The van der Waals surface area contributed by atoms with E-state index in [1.807, 2.05) is 23.1 Å². The van der Waals surface area contributed by atoms with Gasteiger partial charge in [-0.3, -0.25) is 4.90 Å². The van der Waals surface area contributed by atoms with Crippen LogP contribution in [0.25, 0.3) is 0 Å². The summed E-state index contributed by atoms with van der Waals surface area (Å²) in [4.78, 5) is 4.30. The van der Waals surface area contributed by atoms with Crippen LogP contribution in [0.2, 0.25) is 0 Å². The van der Waals surface area contributed by atoms with Gasteiger partial charge in [-0.15, -0.1) is 0 Å². The highest BCUT2D eigenvalue weighted by Crippen LogP contribution is 2.36. The fourth-order valence-electron chi connectivity index (χ4n) is 2.99. The van der Waals surface area contributed by atoms with Crippen molar-refractivity contribution in [2.45, 2.75) is 12.7 Å². The first-order valence-corrected chi connectivity index (χ1v) is 7.91. The fraction of sp³-hybridized carbons (Fsp3) is 0.333. The van der Waals surface area contributed by atoms with E-state index in [9.17, 15) is 13.2 Å². The van der Waals surface area contributed by atoms with Gasteiger partial charge in [-0.25, -0.2) is 0 Å². The molecule has 3 nitrogen and oxygen atoms in total. The van der Waals surface area contributed by atoms with Gasteiger partial charge in [0.25, 0.3) is 0 Å². The number of nitrogens with two attached hydrogens (primary N) is 1. The van der Waals surface area contributed by atoms with Crippen LogP contribution in [0.3, 0.4) is 0 Å². The molecule has 1 saturated heterocycles. The Labute approximate surface area is 139 Å². The SMILES string of the molecule is Nc1ccc(N2CCN(Cc3ccccc3)CC2)cc1C(F)(F)F. The number of alkyl halides is 3. The zero-order valence-electron chi connectivity index (χ0n) is 13.3. The van der Waals surface area contributed by atoms with Gasteiger partial charge in [-0.1, -0.05) is 30.3 Å². The Hall–Kier alpha value is -2.21. The minimum atomic E-state index is -4.42. The van der Waals surface area contributed by atoms with Gasteiger partial charge in [0.1, 0.15) is 0 Å². The van der Waals surface area contributed by atoms with Gasteiger partial charge in [0.2, 0.25) is 0 Å². The van der Waals surface area contributed by atoms with E-state index < -0.39 is 11.7 Å². The van der Waals surface area contributed by atoms with Crippen LogP contribution in [0, 0.1) is 0 Å². The number of benzene rings is 2. The molecule has 0 saturated carbocycles. The molecular formula is C18H20F3N3. The van der Waals surface area contributed by atoms with Crippen molar-refractivity contribution in [3.8, 4) is 0 Å². The molecule has 0 radical (unpaired) electrons. The average molecular weight is 335 g/mol. The highest BCUT2D eigenvalue weighted by Gasteiger charge is 2.33. The standard InChI is InChI=1S/C18H20F3N3/c19-18(20,21)16-12-15(6-7-17(16)22)24-10-8-23(9-11-24)13-14-4-2-1-3-5-14/h1-7,12H,8-11,13,22H2. The summed E-state index contributed by atoms with van der Waals surface area (Å²) < 4.78 is 39.0. The van der Waals surface area contributed by atoms with Crippen molar-refractivity contribution in [1.82, 2.24) is 4.90 Å². The molecule has 6 heteroatoms. The average Bonchev–Trinajstić information content (AvgIpc) is 2.56. The third-order valence-corrected chi connectivity index (χ3v) is 4.33. The molecule has 2 aromatic carbocycles. The Morgan fingerprint density at radius 3 is 2.21 bits per heavy atom. The summed E-state index contributed by atoms with van der Waals surface area (Å²) in [6, 6.07) is 14.3. The number of nitrogen functional groups attached to an aromatic ring is 1. The van der Waals surface area contributed by atoms with E-state index in [4.69, 9.17) is 5.73 Å². The Morgan fingerprint density at radius 1 is 0.917 bits per heavy atom. The smallest absolute Gasteiger partial charge is 0.398 e. The first-order valence-electron chi connectivity index (χ1n) is 7.91. The molecule has 0 amide bonds. The van der Waals surface area contributed by atoms with Crippen LogP contribution in [0.4, 0.5) is 24.5 Å². The van der Waals surface area contributed by atoms with E-state index in [1.165, 1.54) is 11.6 Å². The highest BCUT2D eigenvalue weighted by molar-refractivity contribution is 5.59. The zero-order chi connectivity index (χ0) is 17.2. The summed E-state index contributed by atoms with van der Waals surface area (Å²) in [5.41, 5.74) is 6.31. The monoisotopic (exact) mass is 335 g/mol. The minimum absolute atomic E-state index is 0.228. The second-order valence-electron chi connectivity index (χ2n) is 6.02. The molecule has 3 rings (SSSR count). The lowest BCUT2D eigenvalue weighted by molar-refractivity contribution is -0.136. The predicted molar refractivity (Wildman–Crippen MR) is 89.8 cm³/mol. The molecule has 1 heterocycles. The molecule has 1 aliphatic rings. The largest absolute Gasteiger partial charge is 0.418 e. The predicted octanol–water partition coefficient (Wildman–Crippen LogP) is 3.61. The number of nitrogens with zero attached hydrogens (tertiary/aromatic N) is 2. The van der Waals surface area contributed by atoms with Crippen molar-refractivity contribution in [2.24, 2.45) is 0 Å². The molecule has 128 valence electrons. The molecule has 0 spiro atoms. The highest BCUT2D eigenvalue weighted by atomic mass is 19.4. The maximum atomic E-state index is 13.0. The van der Waals surface area contributed by atoms with E-state index in [2.05, 4.69) is 17.0 Å². The van der Waals surface area contributed by atoms with Gasteiger partial charge >= 0.3 is 6.18 Å². The lowest BCUT2D eigenvalue weighted by atomic mass is 10.1. The Bertz CT molecular complexity index is 678. The van der Waals surface area contributed by atoms with Crippen molar-refractivity contribution in [2.75, 3.05) is 36.8 Å².